The summed E-state index contributed by atoms with van der Waals surface area (Å²) in [6, 6.07) is 0.648. The molecule has 1 aromatic rings. The molecule has 1 N–H and O–H groups in total. The van der Waals surface area contributed by atoms with Crippen molar-refractivity contribution in [1.82, 2.24) is 15.5 Å². The van der Waals surface area contributed by atoms with Gasteiger partial charge < -0.3 is 9.73 Å². The molecular formula is C11H21N3OS. The van der Waals surface area contributed by atoms with Gasteiger partial charge in [0.25, 0.3) is 5.22 Å². The Morgan fingerprint density at radius 3 is 2.75 bits per heavy atom. The van der Waals surface area contributed by atoms with E-state index in [9.17, 15) is 0 Å². The minimum Gasteiger partial charge on any atom is -0.416 e. The molecular weight excluding hydrogens is 222 g/mol. The van der Waals surface area contributed by atoms with Gasteiger partial charge in [-0.05, 0) is 25.8 Å². The zero-order valence-corrected chi connectivity index (χ0v) is 11.1. The van der Waals surface area contributed by atoms with E-state index in [2.05, 4.69) is 29.4 Å². The van der Waals surface area contributed by atoms with Gasteiger partial charge in [0.05, 0.1) is 0 Å². The number of aromatic nitrogens is 2. The molecule has 1 aromatic heterocycles. The summed E-state index contributed by atoms with van der Waals surface area (Å²) >= 11 is 1.64. The molecule has 1 unspecified atom stereocenters. The molecule has 0 spiro atoms. The van der Waals surface area contributed by atoms with E-state index in [-0.39, 0.29) is 0 Å². The van der Waals surface area contributed by atoms with Gasteiger partial charge in [-0.25, -0.2) is 0 Å². The van der Waals surface area contributed by atoms with Gasteiger partial charge >= 0.3 is 0 Å². The highest BCUT2D eigenvalue weighted by Crippen LogP contribution is 2.17. The molecule has 0 saturated carbocycles. The number of hydrogen-bond donors (Lipinski definition) is 1. The van der Waals surface area contributed by atoms with Crippen LogP contribution in [0.25, 0.3) is 0 Å². The van der Waals surface area contributed by atoms with Gasteiger partial charge in [0.15, 0.2) is 0 Å². The highest BCUT2D eigenvalue weighted by atomic mass is 32.2. The summed E-state index contributed by atoms with van der Waals surface area (Å²) in [6.07, 6.45) is 3.58. The molecule has 4 nitrogen and oxygen atoms in total. The maximum absolute atomic E-state index is 5.29. The molecule has 1 atom stereocenters. The zero-order chi connectivity index (χ0) is 11.8. The number of nitrogens with zero attached hydrogens (tertiary/aromatic N) is 2. The summed E-state index contributed by atoms with van der Waals surface area (Å²) in [5, 5.41) is 11.9. The highest BCUT2D eigenvalue weighted by Gasteiger charge is 2.06. The smallest absolute Gasteiger partial charge is 0.276 e. The van der Waals surface area contributed by atoms with Crippen LogP contribution in [0.2, 0.25) is 0 Å². The molecule has 0 saturated heterocycles. The first-order valence-electron chi connectivity index (χ1n) is 5.92. The van der Waals surface area contributed by atoms with Crippen LogP contribution in [0.4, 0.5) is 0 Å². The number of aryl methyl sites for hydroxylation is 1. The maximum atomic E-state index is 5.29. The topological polar surface area (TPSA) is 51.0 Å². The molecule has 0 fully saturated rings. The van der Waals surface area contributed by atoms with Crippen LogP contribution in [-0.4, -0.2) is 28.5 Å². The van der Waals surface area contributed by atoms with Crippen LogP contribution in [0.1, 0.15) is 39.0 Å². The molecule has 16 heavy (non-hydrogen) atoms. The largest absolute Gasteiger partial charge is 0.416 e. The summed E-state index contributed by atoms with van der Waals surface area (Å²) in [5.74, 6) is 1.69. The first-order chi connectivity index (χ1) is 7.76. The lowest BCUT2D eigenvalue weighted by Gasteiger charge is -2.14. The normalized spacial score (nSPS) is 12.9. The van der Waals surface area contributed by atoms with Crippen molar-refractivity contribution in [2.45, 2.75) is 51.3 Å². The van der Waals surface area contributed by atoms with Gasteiger partial charge in [0, 0.05) is 18.7 Å². The first kappa shape index (κ1) is 13.5. The van der Waals surface area contributed by atoms with Gasteiger partial charge in [-0.1, -0.05) is 25.6 Å². The molecule has 0 aliphatic rings. The Morgan fingerprint density at radius 2 is 2.19 bits per heavy atom. The average Bonchev–Trinajstić information content (AvgIpc) is 2.69. The van der Waals surface area contributed by atoms with E-state index in [1.54, 1.807) is 11.8 Å². The number of rotatable bonds is 8. The van der Waals surface area contributed by atoms with Crippen molar-refractivity contribution in [2.75, 3.05) is 12.3 Å². The molecule has 0 aliphatic carbocycles. The van der Waals surface area contributed by atoms with Gasteiger partial charge in [0.1, 0.15) is 0 Å². The Kier molecular flexibility index (Phi) is 6.49. The van der Waals surface area contributed by atoms with Crippen LogP contribution in [0.3, 0.4) is 0 Å². The Bertz CT molecular complexity index is 291. The van der Waals surface area contributed by atoms with E-state index < -0.39 is 0 Å². The molecule has 0 bridgehead atoms. The summed E-state index contributed by atoms with van der Waals surface area (Å²) < 4.78 is 5.29. The quantitative estimate of drug-likeness (QED) is 0.562. The van der Waals surface area contributed by atoms with Crippen molar-refractivity contribution in [2.24, 2.45) is 0 Å². The lowest BCUT2D eigenvalue weighted by atomic mass is 10.1. The van der Waals surface area contributed by atoms with Crippen molar-refractivity contribution >= 4 is 11.8 Å². The fourth-order valence-electron chi connectivity index (χ4n) is 1.57. The van der Waals surface area contributed by atoms with Crippen LogP contribution in [0.15, 0.2) is 9.64 Å². The minimum atomic E-state index is 0.640. The zero-order valence-electron chi connectivity index (χ0n) is 10.3. The summed E-state index contributed by atoms with van der Waals surface area (Å²) in [7, 11) is 0. The minimum absolute atomic E-state index is 0.640. The standard InChI is InChI=1S/C11H21N3OS/c1-4-10(12-5-2)7-6-8-16-11-14-13-9(3)15-11/h10,12H,4-8H2,1-3H3. The van der Waals surface area contributed by atoms with Crippen LogP contribution < -0.4 is 5.32 Å². The van der Waals surface area contributed by atoms with Crippen molar-refractivity contribution in [1.29, 1.82) is 0 Å². The molecule has 92 valence electrons. The number of thioether (sulfide) groups is 1. The van der Waals surface area contributed by atoms with Crippen LogP contribution in [0.5, 0.6) is 0 Å². The second kappa shape index (κ2) is 7.68. The molecule has 0 aliphatic heterocycles. The SMILES string of the molecule is CCNC(CC)CCCSc1nnc(C)o1. The predicted octanol–water partition coefficient (Wildman–Crippen LogP) is 2.64. The summed E-state index contributed by atoms with van der Waals surface area (Å²) in [5.41, 5.74) is 0. The van der Waals surface area contributed by atoms with Crippen molar-refractivity contribution in [3.63, 3.8) is 0 Å². The van der Waals surface area contributed by atoms with Crippen molar-refractivity contribution in [3.8, 4) is 0 Å². The fraction of sp³-hybridized carbons (Fsp3) is 0.818. The van der Waals surface area contributed by atoms with Gasteiger partial charge in [0.2, 0.25) is 5.89 Å². The maximum Gasteiger partial charge on any atom is 0.276 e. The Hall–Kier alpha value is -0.550. The predicted molar refractivity (Wildman–Crippen MR) is 66.7 cm³/mol. The van der Waals surface area contributed by atoms with Crippen LogP contribution >= 0.6 is 11.8 Å². The second-order valence-corrected chi connectivity index (χ2v) is 4.79. The van der Waals surface area contributed by atoms with Crippen LogP contribution in [0, 0.1) is 6.92 Å². The van der Waals surface area contributed by atoms with E-state index in [1.807, 2.05) is 6.92 Å². The summed E-state index contributed by atoms with van der Waals surface area (Å²) in [4.78, 5) is 0. The van der Waals surface area contributed by atoms with Gasteiger partial charge in [-0.15, -0.1) is 10.2 Å². The molecule has 1 rings (SSSR count). The Morgan fingerprint density at radius 1 is 1.38 bits per heavy atom. The van der Waals surface area contributed by atoms with E-state index in [0.717, 1.165) is 12.3 Å². The van der Waals surface area contributed by atoms with E-state index in [1.165, 1.54) is 19.3 Å². The van der Waals surface area contributed by atoms with Crippen molar-refractivity contribution in [3.05, 3.63) is 5.89 Å². The molecule has 5 heteroatoms. The molecule has 1 heterocycles. The lowest BCUT2D eigenvalue weighted by Crippen LogP contribution is -2.28. The molecule has 0 aromatic carbocycles. The monoisotopic (exact) mass is 243 g/mol. The highest BCUT2D eigenvalue weighted by molar-refractivity contribution is 7.99. The Balaban J connectivity index is 2.11. The molecule has 0 amide bonds. The average molecular weight is 243 g/mol. The summed E-state index contributed by atoms with van der Waals surface area (Å²) in [6.45, 7) is 7.24. The third-order valence-electron chi connectivity index (χ3n) is 2.42. The van der Waals surface area contributed by atoms with E-state index >= 15 is 0 Å². The fourth-order valence-corrected chi connectivity index (χ4v) is 2.33. The lowest BCUT2D eigenvalue weighted by molar-refractivity contribution is 0.428. The third-order valence-corrected chi connectivity index (χ3v) is 3.32. The second-order valence-electron chi connectivity index (χ2n) is 3.74. The number of hydrogen-bond acceptors (Lipinski definition) is 5. The van der Waals surface area contributed by atoms with Crippen molar-refractivity contribution < 1.29 is 4.42 Å². The number of nitrogens with one attached hydrogen (secondary N) is 1. The van der Waals surface area contributed by atoms with E-state index in [0.29, 0.717) is 17.2 Å². The van der Waals surface area contributed by atoms with Crippen LogP contribution in [-0.2, 0) is 0 Å². The first-order valence-corrected chi connectivity index (χ1v) is 6.91. The van der Waals surface area contributed by atoms with E-state index in [4.69, 9.17) is 4.42 Å². The Labute approximate surface area is 102 Å². The third kappa shape index (κ3) is 4.99. The van der Waals surface area contributed by atoms with Gasteiger partial charge in [-0.2, -0.15) is 0 Å². The van der Waals surface area contributed by atoms with Gasteiger partial charge in [-0.3, -0.25) is 0 Å². The molecule has 0 radical (unpaired) electrons.